The highest BCUT2D eigenvalue weighted by Gasteiger charge is 2.45. The van der Waals surface area contributed by atoms with Gasteiger partial charge in [0.2, 0.25) is 5.91 Å². The number of nitrogens with zero attached hydrogens (tertiary/aromatic N) is 1. The third-order valence-corrected chi connectivity index (χ3v) is 4.21. The van der Waals surface area contributed by atoms with E-state index in [-0.39, 0.29) is 23.6 Å². The van der Waals surface area contributed by atoms with Gasteiger partial charge in [-0.1, -0.05) is 34.1 Å². The van der Waals surface area contributed by atoms with Gasteiger partial charge in [0.25, 0.3) is 5.56 Å². The van der Waals surface area contributed by atoms with E-state index in [0.717, 1.165) is 22.9 Å². The minimum absolute atomic E-state index is 0.0510. The molecule has 1 amide bonds. The van der Waals surface area contributed by atoms with Crippen LogP contribution in [-0.4, -0.2) is 10.5 Å². The highest BCUT2D eigenvalue weighted by Crippen LogP contribution is 2.45. The molecular weight excluding hydrogens is 332 g/mol. The lowest BCUT2D eigenvalue weighted by atomic mass is 10.1. The number of aromatic nitrogens is 1. The maximum atomic E-state index is 12.2. The topological polar surface area (TPSA) is 51.1 Å². The van der Waals surface area contributed by atoms with E-state index < -0.39 is 0 Å². The van der Waals surface area contributed by atoms with Crippen LogP contribution in [0.2, 0.25) is 0 Å². The quantitative estimate of drug-likeness (QED) is 0.924. The van der Waals surface area contributed by atoms with Gasteiger partial charge in [-0.15, -0.1) is 0 Å². The molecule has 1 fully saturated rings. The van der Waals surface area contributed by atoms with Crippen LogP contribution in [0.15, 0.2) is 57.9 Å². The summed E-state index contributed by atoms with van der Waals surface area (Å²) in [7, 11) is 0. The molecule has 0 atom stereocenters. The van der Waals surface area contributed by atoms with E-state index in [1.165, 1.54) is 10.6 Å². The fraction of sp³-hybridized carbons (Fsp3) is 0.250. The molecule has 1 aliphatic rings. The lowest BCUT2D eigenvalue weighted by Gasteiger charge is -2.18. The van der Waals surface area contributed by atoms with Crippen LogP contribution < -0.4 is 10.9 Å². The number of nitrogens with one attached hydrogen (secondary N) is 1. The number of rotatable bonds is 4. The second kappa shape index (κ2) is 5.48. The molecule has 1 heterocycles. The largest absolute Gasteiger partial charge is 0.345 e. The maximum absolute atomic E-state index is 12.2. The van der Waals surface area contributed by atoms with E-state index in [4.69, 9.17) is 0 Å². The Morgan fingerprint density at radius 2 is 2.05 bits per heavy atom. The van der Waals surface area contributed by atoms with Crippen LogP contribution in [0.25, 0.3) is 0 Å². The van der Waals surface area contributed by atoms with Gasteiger partial charge >= 0.3 is 0 Å². The molecule has 2 aromatic rings. The zero-order valence-corrected chi connectivity index (χ0v) is 13.0. The van der Waals surface area contributed by atoms with Gasteiger partial charge in [-0.05, 0) is 36.6 Å². The zero-order valence-electron chi connectivity index (χ0n) is 11.4. The third-order valence-electron chi connectivity index (χ3n) is 3.72. The van der Waals surface area contributed by atoms with Crippen LogP contribution in [0.1, 0.15) is 18.4 Å². The molecule has 0 saturated heterocycles. The van der Waals surface area contributed by atoms with Gasteiger partial charge in [0.1, 0.15) is 6.54 Å². The Hall–Kier alpha value is -1.88. The first-order valence-electron chi connectivity index (χ1n) is 6.82. The first kappa shape index (κ1) is 14.1. The Labute approximate surface area is 130 Å². The fourth-order valence-electron chi connectivity index (χ4n) is 2.45. The number of amides is 1. The number of halogens is 1. The van der Waals surface area contributed by atoms with E-state index >= 15 is 0 Å². The summed E-state index contributed by atoms with van der Waals surface area (Å²) in [5.41, 5.74) is 0.671. The number of carbonyl (C=O) groups excluding carboxylic acids is 1. The summed E-state index contributed by atoms with van der Waals surface area (Å²) in [6.45, 7) is 0.0510. The van der Waals surface area contributed by atoms with Crippen LogP contribution in [0.3, 0.4) is 0 Å². The number of pyridine rings is 1. The Morgan fingerprint density at radius 1 is 1.24 bits per heavy atom. The van der Waals surface area contributed by atoms with E-state index in [9.17, 15) is 9.59 Å². The molecule has 1 N–H and O–H groups in total. The number of benzene rings is 1. The minimum atomic E-state index is -0.265. The summed E-state index contributed by atoms with van der Waals surface area (Å²) in [5.74, 6) is -0.138. The van der Waals surface area contributed by atoms with Gasteiger partial charge in [-0.3, -0.25) is 9.59 Å². The second-order valence-electron chi connectivity index (χ2n) is 5.31. The van der Waals surface area contributed by atoms with Crippen molar-refractivity contribution in [2.45, 2.75) is 24.9 Å². The van der Waals surface area contributed by atoms with Crippen molar-refractivity contribution in [3.8, 4) is 0 Å². The molecule has 0 spiro atoms. The lowest BCUT2D eigenvalue weighted by Crippen LogP contribution is -2.38. The predicted molar refractivity (Wildman–Crippen MR) is 83.9 cm³/mol. The summed E-state index contributed by atoms with van der Waals surface area (Å²) in [5, 5.41) is 3.07. The molecule has 1 saturated carbocycles. The van der Waals surface area contributed by atoms with Crippen LogP contribution >= 0.6 is 15.9 Å². The van der Waals surface area contributed by atoms with Crippen LogP contribution in [-0.2, 0) is 16.9 Å². The molecule has 1 aromatic carbocycles. The molecule has 21 heavy (non-hydrogen) atoms. The van der Waals surface area contributed by atoms with E-state index in [1.807, 2.05) is 24.3 Å². The summed E-state index contributed by atoms with van der Waals surface area (Å²) in [4.78, 5) is 23.8. The van der Waals surface area contributed by atoms with Gasteiger partial charge in [-0.25, -0.2) is 0 Å². The molecule has 0 radical (unpaired) electrons. The first-order chi connectivity index (χ1) is 10.1. The van der Waals surface area contributed by atoms with Crippen molar-refractivity contribution in [2.75, 3.05) is 0 Å². The molecule has 5 heteroatoms. The summed E-state index contributed by atoms with van der Waals surface area (Å²) < 4.78 is 2.41. The Kier molecular flexibility index (Phi) is 3.68. The van der Waals surface area contributed by atoms with Gasteiger partial charge in [-0.2, -0.15) is 0 Å². The second-order valence-corrected chi connectivity index (χ2v) is 6.22. The van der Waals surface area contributed by atoms with Crippen molar-refractivity contribution in [1.82, 2.24) is 9.88 Å². The summed E-state index contributed by atoms with van der Waals surface area (Å²) >= 11 is 3.45. The third kappa shape index (κ3) is 3.08. The molecule has 0 unspecified atom stereocenters. The predicted octanol–water partition coefficient (Wildman–Crippen LogP) is 2.42. The number of hydrogen-bond acceptors (Lipinski definition) is 2. The van der Waals surface area contributed by atoms with Crippen LogP contribution in [0.5, 0.6) is 0 Å². The van der Waals surface area contributed by atoms with Crippen LogP contribution in [0.4, 0.5) is 0 Å². The summed E-state index contributed by atoms with van der Waals surface area (Å²) in [6, 6.07) is 12.8. The SMILES string of the molecule is O=C(Cn1ccccc1=O)NC1(c2cccc(Br)c2)CC1. The molecule has 0 aliphatic heterocycles. The molecule has 3 rings (SSSR count). The van der Waals surface area contributed by atoms with E-state index in [2.05, 4.69) is 21.2 Å². The molecule has 1 aliphatic carbocycles. The Bertz CT molecular complexity index is 735. The number of carbonyl (C=O) groups is 1. The smallest absolute Gasteiger partial charge is 0.250 e. The highest BCUT2D eigenvalue weighted by molar-refractivity contribution is 9.10. The number of hydrogen-bond donors (Lipinski definition) is 1. The first-order valence-corrected chi connectivity index (χ1v) is 7.61. The monoisotopic (exact) mass is 346 g/mol. The van der Waals surface area contributed by atoms with Crippen LogP contribution in [0, 0.1) is 0 Å². The summed E-state index contributed by atoms with van der Waals surface area (Å²) in [6.07, 6.45) is 3.48. The van der Waals surface area contributed by atoms with Crippen molar-refractivity contribution in [3.63, 3.8) is 0 Å². The van der Waals surface area contributed by atoms with E-state index in [0.29, 0.717) is 0 Å². The normalized spacial score (nSPS) is 15.5. The van der Waals surface area contributed by atoms with Gasteiger partial charge < -0.3 is 9.88 Å². The maximum Gasteiger partial charge on any atom is 0.250 e. The molecule has 4 nitrogen and oxygen atoms in total. The highest BCUT2D eigenvalue weighted by atomic mass is 79.9. The Balaban J connectivity index is 1.73. The lowest BCUT2D eigenvalue weighted by molar-refractivity contribution is -0.122. The van der Waals surface area contributed by atoms with Crippen molar-refractivity contribution < 1.29 is 4.79 Å². The molecule has 108 valence electrons. The van der Waals surface area contributed by atoms with Gasteiger partial charge in [0.05, 0.1) is 5.54 Å². The van der Waals surface area contributed by atoms with Gasteiger partial charge in [0, 0.05) is 16.7 Å². The van der Waals surface area contributed by atoms with Crippen molar-refractivity contribution in [2.24, 2.45) is 0 Å². The van der Waals surface area contributed by atoms with Crippen molar-refractivity contribution in [3.05, 3.63) is 69.1 Å². The van der Waals surface area contributed by atoms with Crippen molar-refractivity contribution >= 4 is 21.8 Å². The minimum Gasteiger partial charge on any atom is -0.345 e. The Morgan fingerprint density at radius 3 is 2.71 bits per heavy atom. The van der Waals surface area contributed by atoms with Gasteiger partial charge in [0.15, 0.2) is 0 Å². The molecular formula is C16H15BrN2O2. The average molecular weight is 347 g/mol. The zero-order chi connectivity index (χ0) is 14.9. The van der Waals surface area contributed by atoms with E-state index in [1.54, 1.807) is 18.3 Å². The average Bonchev–Trinajstić information content (AvgIpc) is 3.22. The fourth-order valence-corrected chi connectivity index (χ4v) is 2.85. The molecule has 1 aromatic heterocycles. The molecule has 0 bridgehead atoms. The standard InChI is InChI=1S/C16H15BrN2O2/c17-13-5-3-4-12(10-13)16(7-8-16)18-14(20)11-19-9-2-1-6-15(19)21/h1-6,9-10H,7-8,11H2,(H,18,20). The van der Waals surface area contributed by atoms with Crippen molar-refractivity contribution in [1.29, 1.82) is 0 Å².